The molecule has 0 N–H and O–H groups in total. The Morgan fingerprint density at radius 2 is 1.80 bits per heavy atom. The van der Waals surface area contributed by atoms with Gasteiger partial charge in [0.2, 0.25) is 12.7 Å². The average Bonchev–Trinajstić information content (AvgIpc) is 3.62. The van der Waals surface area contributed by atoms with Crippen LogP contribution in [0.5, 0.6) is 11.5 Å². The van der Waals surface area contributed by atoms with Crippen LogP contribution in [0.2, 0.25) is 0 Å². The number of hydrogen-bond acceptors (Lipinski definition) is 8. The maximum absolute atomic E-state index is 13.2. The summed E-state index contributed by atoms with van der Waals surface area (Å²) in [7, 11) is 0. The van der Waals surface area contributed by atoms with E-state index in [1.165, 1.54) is 17.4 Å². The summed E-state index contributed by atoms with van der Waals surface area (Å²) in [5, 5.41) is 0. The van der Waals surface area contributed by atoms with Crippen molar-refractivity contribution in [2.24, 2.45) is 5.92 Å². The Balaban J connectivity index is 1.29. The predicted octanol–water partition coefficient (Wildman–Crippen LogP) is 5.14. The normalized spacial score (nSPS) is 16.5. The molecule has 1 amide bonds. The maximum Gasteiger partial charge on any atom is 0.310 e. The number of esters is 1. The lowest BCUT2D eigenvalue weighted by Gasteiger charge is -2.30. The van der Waals surface area contributed by atoms with Crippen LogP contribution in [-0.2, 0) is 29.2 Å². The van der Waals surface area contributed by atoms with E-state index in [1.54, 1.807) is 11.8 Å². The highest BCUT2D eigenvalue weighted by Gasteiger charge is 2.31. The molecule has 1 fully saturated rings. The third-order valence-electron chi connectivity index (χ3n) is 7.35. The van der Waals surface area contributed by atoms with Crippen molar-refractivity contribution in [1.29, 1.82) is 0 Å². The molecule has 3 heterocycles. The molecule has 2 aliphatic rings. The smallest absolute Gasteiger partial charge is 0.310 e. The predicted molar refractivity (Wildman–Crippen MR) is 148 cm³/mol. The highest BCUT2D eigenvalue weighted by molar-refractivity contribution is 5.92. The summed E-state index contributed by atoms with van der Waals surface area (Å²) < 4.78 is 22.0. The largest absolute Gasteiger partial charge is 0.466 e. The Kier molecular flexibility index (Phi) is 8.69. The second-order valence-electron chi connectivity index (χ2n) is 10.7. The number of carbonyl (C=O) groups excluding carboxylic acids is 2. The molecule has 5 rings (SSSR count). The van der Waals surface area contributed by atoms with Gasteiger partial charge in [0.15, 0.2) is 17.2 Å². The second kappa shape index (κ2) is 12.6. The van der Waals surface area contributed by atoms with Gasteiger partial charge in [-0.05, 0) is 54.5 Å². The SMILES string of the molecule is CCOC(=O)[C@@H]1CCCN(C(=O)c2coc(CN(Cc3ccc(C(C)C)cc3)Cc3ccc4c(c3)OCO4)n2)C1. The van der Waals surface area contributed by atoms with Gasteiger partial charge in [-0.2, -0.15) is 0 Å². The van der Waals surface area contributed by atoms with Crippen molar-refractivity contribution in [3.63, 3.8) is 0 Å². The number of likely N-dealkylation sites (tertiary alicyclic amines) is 1. The van der Waals surface area contributed by atoms with Crippen molar-refractivity contribution in [3.05, 3.63) is 77.0 Å². The average molecular weight is 548 g/mol. The zero-order valence-corrected chi connectivity index (χ0v) is 23.4. The van der Waals surface area contributed by atoms with Crippen LogP contribution in [0.3, 0.4) is 0 Å². The van der Waals surface area contributed by atoms with Crippen molar-refractivity contribution in [2.45, 2.75) is 59.2 Å². The van der Waals surface area contributed by atoms with E-state index in [0.29, 0.717) is 51.1 Å². The van der Waals surface area contributed by atoms with E-state index in [9.17, 15) is 9.59 Å². The summed E-state index contributed by atoms with van der Waals surface area (Å²) in [6, 6.07) is 14.6. The number of carbonyl (C=O) groups is 2. The van der Waals surface area contributed by atoms with Crippen molar-refractivity contribution in [3.8, 4) is 11.5 Å². The number of nitrogens with zero attached hydrogens (tertiary/aromatic N) is 3. The van der Waals surface area contributed by atoms with E-state index in [-0.39, 0.29) is 30.3 Å². The number of amides is 1. The van der Waals surface area contributed by atoms with Crippen LogP contribution >= 0.6 is 0 Å². The first-order valence-corrected chi connectivity index (χ1v) is 14.0. The molecule has 0 saturated carbocycles. The maximum atomic E-state index is 13.2. The topological polar surface area (TPSA) is 94.3 Å². The van der Waals surface area contributed by atoms with Gasteiger partial charge in [-0.3, -0.25) is 14.5 Å². The first-order chi connectivity index (χ1) is 19.4. The molecule has 0 bridgehead atoms. The zero-order valence-electron chi connectivity index (χ0n) is 23.4. The number of benzene rings is 2. The molecule has 2 aromatic carbocycles. The van der Waals surface area contributed by atoms with E-state index < -0.39 is 0 Å². The lowest BCUT2D eigenvalue weighted by molar-refractivity contribution is -0.149. The van der Waals surface area contributed by atoms with Crippen molar-refractivity contribution >= 4 is 11.9 Å². The number of ether oxygens (including phenoxy) is 3. The van der Waals surface area contributed by atoms with E-state index in [0.717, 1.165) is 29.9 Å². The van der Waals surface area contributed by atoms with Gasteiger partial charge in [-0.25, -0.2) is 4.98 Å². The van der Waals surface area contributed by atoms with Crippen LogP contribution in [0.15, 0.2) is 53.1 Å². The quantitative estimate of drug-likeness (QED) is 0.322. The molecule has 1 saturated heterocycles. The number of piperidine rings is 1. The standard InChI is InChI=1S/C31H37N3O6/c1-4-37-31(36)25-6-5-13-34(17-25)30(35)26-19-38-29(32-26)18-33(15-22-7-10-24(11-8-22)21(2)3)16-23-9-12-27-28(14-23)40-20-39-27/h7-12,14,19,21,25H,4-6,13,15-18,20H2,1-3H3/t25-/m1/s1. The molecule has 0 unspecified atom stereocenters. The van der Waals surface area contributed by atoms with E-state index >= 15 is 0 Å². The highest BCUT2D eigenvalue weighted by Crippen LogP contribution is 2.33. The molecular formula is C31H37N3O6. The zero-order chi connectivity index (χ0) is 28.1. The second-order valence-corrected chi connectivity index (χ2v) is 10.7. The van der Waals surface area contributed by atoms with Gasteiger partial charge in [-0.15, -0.1) is 0 Å². The van der Waals surface area contributed by atoms with Crippen LogP contribution in [0, 0.1) is 5.92 Å². The Morgan fingerprint density at radius 1 is 1.05 bits per heavy atom. The fourth-order valence-corrected chi connectivity index (χ4v) is 5.18. The molecule has 0 spiro atoms. The number of fused-ring (bicyclic) bond motifs is 1. The molecule has 3 aromatic rings. The van der Waals surface area contributed by atoms with Gasteiger partial charge in [0.25, 0.3) is 5.91 Å². The minimum atomic E-state index is -0.303. The van der Waals surface area contributed by atoms with Gasteiger partial charge in [0.1, 0.15) is 6.26 Å². The van der Waals surface area contributed by atoms with E-state index in [4.69, 9.17) is 18.6 Å². The summed E-state index contributed by atoms with van der Waals surface area (Å²) >= 11 is 0. The van der Waals surface area contributed by atoms with Crippen molar-refractivity contribution in [1.82, 2.24) is 14.8 Å². The summed E-state index contributed by atoms with van der Waals surface area (Å²) in [5.41, 5.74) is 3.80. The molecule has 1 atom stereocenters. The summed E-state index contributed by atoms with van der Waals surface area (Å²) in [6.07, 6.45) is 2.89. The molecule has 9 nitrogen and oxygen atoms in total. The third-order valence-corrected chi connectivity index (χ3v) is 7.35. The summed E-state index contributed by atoms with van der Waals surface area (Å²) in [5.74, 6) is 1.64. The minimum absolute atomic E-state index is 0.226. The molecule has 0 radical (unpaired) electrons. The summed E-state index contributed by atoms with van der Waals surface area (Å²) in [6.45, 7) is 9.36. The lowest BCUT2D eigenvalue weighted by Crippen LogP contribution is -2.43. The van der Waals surface area contributed by atoms with Gasteiger partial charge in [0, 0.05) is 26.2 Å². The Hall–Kier alpha value is -3.85. The summed E-state index contributed by atoms with van der Waals surface area (Å²) in [4.78, 5) is 33.9. The van der Waals surface area contributed by atoms with E-state index in [1.807, 2.05) is 18.2 Å². The minimum Gasteiger partial charge on any atom is -0.466 e. The molecule has 212 valence electrons. The molecule has 9 heteroatoms. The highest BCUT2D eigenvalue weighted by atomic mass is 16.7. The van der Waals surface area contributed by atoms with Gasteiger partial charge in [-0.1, -0.05) is 44.2 Å². The van der Waals surface area contributed by atoms with Gasteiger partial charge >= 0.3 is 5.97 Å². The molecule has 2 aliphatic heterocycles. The number of rotatable bonds is 10. The number of aromatic nitrogens is 1. The number of hydrogen-bond donors (Lipinski definition) is 0. The Labute approximate surface area is 235 Å². The molecule has 1 aromatic heterocycles. The van der Waals surface area contributed by atoms with Crippen molar-refractivity contribution in [2.75, 3.05) is 26.5 Å². The first kappa shape index (κ1) is 27.7. The Bertz CT molecular complexity index is 1320. The van der Waals surface area contributed by atoms with Crippen LogP contribution in [0.1, 0.15) is 72.6 Å². The molecule has 0 aliphatic carbocycles. The van der Waals surface area contributed by atoms with Gasteiger partial charge < -0.3 is 23.5 Å². The van der Waals surface area contributed by atoms with E-state index in [2.05, 4.69) is 48.0 Å². The fourth-order valence-electron chi connectivity index (χ4n) is 5.18. The monoisotopic (exact) mass is 547 g/mol. The fraction of sp³-hybridized carbons (Fsp3) is 0.452. The molecular weight excluding hydrogens is 510 g/mol. The first-order valence-electron chi connectivity index (χ1n) is 14.0. The number of oxazole rings is 1. The van der Waals surface area contributed by atoms with Crippen LogP contribution in [0.4, 0.5) is 0 Å². The molecule has 40 heavy (non-hydrogen) atoms. The Morgan fingerprint density at radius 3 is 2.58 bits per heavy atom. The van der Waals surface area contributed by atoms with Crippen molar-refractivity contribution < 1.29 is 28.2 Å². The lowest BCUT2D eigenvalue weighted by atomic mass is 9.98. The third kappa shape index (κ3) is 6.65. The van der Waals surface area contributed by atoms with Crippen LogP contribution in [-0.4, -0.2) is 53.1 Å². The van der Waals surface area contributed by atoms with Gasteiger partial charge in [0.05, 0.1) is 19.1 Å². The van der Waals surface area contributed by atoms with Crippen LogP contribution < -0.4 is 9.47 Å². The van der Waals surface area contributed by atoms with Crippen LogP contribution in [0.25, 0.3) is 0 Å².